The van der Waals surface area contributed by atoms with Crippen LogP contribution in [0.2, 0.25) is 0 Å². The van der Waals surface area contributed by atoms with Crippen molar-refractivity contribution < 1.29 is 23.8 Å². The molecular formula is C14H17NO5. The summed E-state index contributed by atoms with van der Waals surface area (Å²) in [4.78, 5) is 25.5. The maximum atomic E-state index is 12.1. The van der Waals surface area contributed by atoms with Gasteiger partial charge in [-0.05, 0) is 6.92 Å². The fourth-order valence-electron chi connectivity index (χ4n) is 2.20. The van der Waals surface area contributed by atoms with Crippen LogP contribution in [0.15, 0.2) is 12.1 Å². The summed E-state index contributed by atoms with van der Waals surface area (Å²) in [6.45, 7) is 2.31. The molecule has 0 aromatic heterocycles. The Kier molecular flexibility index (Phi) is 4.12. The molecule has 1 amide bonds. The predicted octanol–water partition coefficient (Wildman–Crippen LogP) is 2.25. The third-order valence-electron chi connectivity index (χ3n) is 3.13. The fourth-order valence-corrected chi connectivity index (χ4v) is 2.20. The molecule has 1 aromatic rings. The molecule has 1 aliphatic rings. The fraction of sp³-hybridized carbons (Fsp3) is 0.429. The van der Waals surface area contributed by atoms with Crippen molar-refractivity contribution in [2.75, 3.05) is 32.3 Å². The zero-order chi connectivity index (χ0) is 14.7. The van der Waals surface area contributed by atoms with Gasteiger partial charge in [-0.3, -0.25) is 9.69 Å². The molecule has 0 saturated carbocycles. The van der Waals surface area contributed by atoms with Crippen molar-refractivity contribution in [2.24, 2.45) is 0 Å². The normalized spacial score (nSPS) is 13.8. The monoisotopic (exact) mass is 279 g/mol. The van der Waals surface area contributed by atoms with Gasteiger partial charge in [0.1, 0.15) is 11.5 Å². The molecule has 0 unspecified atom stereocenters. The van der Waals surface area contributed by atoms with Crippen molar-refractivity contribution in [2.45, 2.75) is 13.3 Å². The van der Waals surface area contributed by atoms with Gasteiger partial charge in [-0.25, -0.2) is 4.79 Å². The average molecular weight is 279 g/mol. The smallest absolute Gasteiger partial charge is 0.414 e. The number of rotatable bonds is 3. The van der Waals surface area contributed by atoms with Crippen LogP contribution < -0.4 is 14.4 Å². The number of benzene rings is 1. The molecule has 0 saturated heterocycles. The first-order chi connectivity index (χ1) is 9.62. The lowest BCUT2D eigenvalue weighted by Gasteiger charge is -2.29. The predicted molar refractivity (Wildman–Crippen MR) is 72.9 cm³/mol. The molecular weight excluding hydrogens is 262 g/mol. The van der Waals surface area contributed by atoms with Gasteiger partial charge < -0.3 is 14.2 Å². The van der Waals surface area contributed by atoms with Crippen LogP contribution in [0, 0.1) is 0 Å². The van der Waals surface area contributed by atoms with Crippen LogP contribution in [0.1, 0.15) is 23.7 Å². The third kappa shape index (κ3) is 2.41. The highest BCUT2D eigenvalue weighted by atomic mass is 16.6. The number of ketones is 1. The summed E-state index contributed by atoms with van der Waals surface area (Å²) in [6, 6.07) is 3.28. The highest BCUT2D eigenvalue weighted by Crippen LogP contribution is 2.38. The molecule has 0 aliphatic carbocycles. The number of carbonyl (C=O) groups excluding carboxylic acids is 2. The maximum absolute atomic E-state index is 12.1. The van der Waals surface area contributed by atoms with E-state index in [1.807, 2.05) is 0 Å². The second-order valence-electron chi connectivity index (χ2n) is 4.25. The van der Waals surface area contributed by atoms with Crippen LogP contribution in [0.5, 0.6) is 11.5 Å². The molecule has 0 fully saturated rings. The number of hydrogen-bond acceptors (Lipinski definition) is 5. The molecule has 6 nitrogen and oxygen atoms in total. The highest BCUT2D eigenvalue weighted by Gasteiger charge is 2.31. The Bertz CT molecular complexity index is 541. The van der Waals surface area contributed by atoms with Gasteiger partial charge in [0.2, 0.25) is 0 Å². The van der Waals surface area contributed by atoms with Gasteiger partial charge in [0, 0.05) is 25.1 Å². The van der Waals surface area contributed by atoms with Crippen LogP contribution in [0.25, 0.3) is 0 Å². The first-order valence-corrected chi connectivity index (χ1v) is 6.35. The van der Waals surface area contributed by atoms with E-state index in [4.69, 9.17) is 14.2 Å². The van der Waals surface area contributed by atoms with Gasteiger partial charge in [0.25, 0.3) is 0 Å². The minimum Gasteiger partial charge on any atom is -0.497 e. The second kappa shape index (κ2) is 5.81. The summed E-state index contributed by atoms with van der Waals surface area (Å²) in [7, 11) is 2.99. The van der Waals surface area contributed by atoms with Crippen molar-refractivity contribution in [1.29, 1.82) is 0 Å². The van der Waals surface area contributed by atoms with E-state index in [9.17, 15) is 9.59 Å². The minimum absolute atomic E-state index is 0.0555. The molecule has 0 N–H and O–H groups in total. The zero-order valence-corrected chi connectivity index (χ0v) is 11.8. The van der Waals surface area contributed by atoms with E-state index in [0.717, 1.165) is 0 Å². The number of methoxy groups -OCH3 is 2. The number of amides is 1. The van der Waals surface area contributed by atoms with Gasteiger partial charge in [0.15, 0.2) is 5.78 Å². The number of carbonyl (C=O) groups is 2. The summed E-state index contributed by atoms with van der Waals surface area (Å²) in [5.74, 6) is 0.864. The number of Topliss-reactive ketones (excluding diaryl/α,β-unsaturated/α-hetero) is 1. The topological polar surface area (TPSA) is 65.1 Å². The molecule has 20 heavy (non-hydrogen) atoms. The Morgan fingerprint density at radius 1 is 1.30 bits per heavy atom. The number of nitrogens with zero attached hydrogens (tertiary/aromatic N) is 1. The van der Waals surface area contributed by atoms with Gasteiger partial charge in [-0.15, -0.1) is 0 Å². The molecule has 6 heteroatoms. The van der Waals surface area contributed by atoms with Crippen molar-refractivity contribution in [3.63, 3.8) is 0 Å². The molecule has 0 spiro atoms. The lowest BCUT2D eigenvalue weighted by molar-refractivity contribution is 0.0975. The molecule has 1 heterocycles. The van der Waals surface area contributed by atoms with E-state index in [0.29, 0.717) is 29.3 Å². The molecule has 1 aromatic carbocycles. The maximum Gasteiger partial charge on any atom is 0.414 e. The molecule has 1 aliphatic heterocycles. The molecule has 0 radical (unpaired) electrons. The number of fused-ring (bicyclic) bond motifs is 1. The van der Waals surface area contributed by atoms with Gasteiger partial charge in [-0.2, -0.15) is 0 Å². The van der Waals surface area contributed by atoms with Crippen molar-refractivity contribution in [3.05, 3.63) is 17.7 Å². The summed E-state index contributed by atoms with van der Waals surface area (Å²) in [5.41, 5.74) is 0.864. The van der Waals surface area contributed by atoms with Crippen LogP contribution >= 0.6 is 0 Å². The van der Waals surface area contributed by atoms with Crippen LogP contribution in [0.3, 0.4) is 0 Å². The van der Waals surface area contributed by atoms with Crippen molar-refractivity contribution in [1.82, 2.24) is 0 Å². The first-order valence-electron chi connectivity index (χ1n) is 6.35. The summed E-state index contributed by atoms with van der Waals surface area (Å²) in [6.07, 6.45) is -0.231. The van der Waals surface area contributed by atoms with E-state index >= 15 is 0 Å². The summed E-state index contributed by atoms with van der Waals surface area (Å²) >= 11 is 0. The van der Waals surface area contributed by atoms with E-state index in [1.165, 1.54) is 19.1 Å². The Morgan fingerprint density at radius 2 is 2.05 bits per heavy atom. The van der Waals surface area contributed by atoms with Gasteiger partial charge in [-0.1, -0.05) is 0 Å². The Labute approximate surface area is 117 Å². The Balaban J connectivity index is 2.54. The summed E-state index contributed by atoms with van der Waals surface area (Å²) in [5, 5.41) is 0. The van der Waals surface area contributed by atoms with Gasteiger partial charge >= 0.3 is 6.09 Å². The van der Waals surface area contributed by atoms with E-state index < -0.39 is 6.09 Å². The lowest BCUT2D eigenvalue weighted by atomic mass is 9.99. The number of hydrogen-bond donors (Lipinski definition) is 0. The Morgan fingerprint density at radius 3 is 2.65 bits per heavy atom. The summed E-state index contributed by atoms with van der Waals surface area (Å²) < 4.78 is 15.4. The molecule has 0 atom stereocenters. The van der Waals surface area contributed by atoms with E-state index in [-0.39, 0.29) is 18.8 Å². The Hall–Kier alpha value is -2.24. The largest absolute Gasteiger partial charge is 0.497 e. The minimum atomic E-state index is -0.475. The first kappa shape index (κ1) is 14.2. The molecule has 0 bridgehead atoms. The lowest BCUT2D eigenvalue weighted by Crippen LogP contribution is -2.38. The third-order valence-corrected chi connectivity index (χ3v) is 3.13. The highest BCUT2D eigenvalue weighted by molar-refractivity contribution is 6.09. The van der Waals surface area contributed by atoms with Crippen LogP contribution in [0.4, 0.5) is 10.5 Å². The molecule has 108 valence electrons. The van der Waals surface area contributed by atoms with E-state index in [1.54, 1.807) is 19.1 Å². The molecule has 2 rings (SSSR count). The number of ether oxygens (including phenoxy) is 3. The standard InChI is InChI=1S/C14H17NO5/c1-4-20-14(17)15-6-5-11(16)13-10(15)7-9(18-2)8-12(13)19-3/h7-8H,4-6H2,1-3H3. The van der Waals surface area contributed by atoms with Crippen LogP contribution in [-0.4, -0.2) is 39.2 Å². The van der Waals surface area contributed by atoms with Crippen molar-refractivity contribution in [3.8, 4) is 11.5 Å². The van der Waals surface area contributed by atoms with E-state index in [2.05, 4.69) is 0 Å². The van der Waals surface area contributed by atoms with Gasteiger partial charge in [0.05, 0.1) is 32.1 Å². The average Bonchev–Trinajstić information content (AvgIpc) is 2.46. The SMILES string of the molecule is CCOC(=O)N1CCC(=O)c2c(OC)cc(OC)cc21. The number of anilines is 1. The van der Waals surface area contributed by atoms with Crippen LogP contribution in [-0.2, 0) is 4.74 Å². The van der Waals surface area contributed by atoms with Crippen molar-refractivity contribution >= 4 is 17.6 Å². The quantitative estimate of drug-likeness (QED) is 0.849. The zero-order valence-electron chi connectivity index (χ0n) is 11.8. The second-order valence-corrected chi connectivity index (χ2v) is 4.25.